The first-order valence-corrected chi connectivity index (χ1v) is 4.57. The molecule has 1 heterocycles. The number of carboxylic acid groups (broad SMARTS) is 1. The number of hydrogen-bond acceptors (Lipinski definition) is 2. The molecular weight excluding hydrogens is 170 g/mol. The van der Waals surface area contributed by atoms with Crippen LogP contribution in [0.2, 0.25) is 0 Å². The molecule has 0 aromatic carbocycles. The van der Waals surface area contributed by atoms with Gasteiger partial charge in [0.2, 0.25) is 5.91 Å². The SMILES string of the molecule is CCN1C(=O)C[C@H](CC(=O)O)[C@H]1C. The van der Waals surface area contributed by atoms with E-state index in [0.29, 0.717) is 13.0 Å². The molecule has 1 N–H and O–H groups in total. The molecule has 1 saturated heterocycles. The van der Waals surface area contributed by atoms with Crippen LogP contribution in [-0.4, -0.2) is 34.5 Å². The van der Waals surface area contributed by atoms with Crippen molar-refractivity contribution >= 4 is 11.9 Å². The standard InChI is InChI=1S/C9H15NO3/c1-3-10-6(2)7(4-8(10)11)5-9(12)13/h6-7H,3-5H2,1-2H3,(H,12,13)/t6-,7-/m1/s1. The van der Waals surface area contributed by atoms with E-state index in [2.05, 4.69) is 0 Å². The summed E-state index contributed by atoms with van der Waals surface area (Å²) in [5.74, 6) is -0.742. The molecule has 4 heteroatoms. The Morgan fingerprint density at radius 2 is 2.31 bits per heavy atom. The molecule has 13 heavy (non-hydrogen) atoms. The first-order valence-electron chi connectivity index (χ1n) is 4.57. The van der Waals surface area contributed by atoms with Crippen molar-refractivity contribution in [2.24, 2.45) is 5.92 Å². The van der Waals surface area contributed by atoms with Crippen molar-refractivity contribution in [1.82, 2.24) is 4.90 Å². The lowest BCUT2D eigenvalue weighted by Gasteiger charge is -2.22. The molecule has 2 atom stereocenters. The minimum atomic E-state index is -0.817. The highest BCUT2D eigenvalue weighted by molar-refractivity contribution is 5.80. The molecule has 0 saturated carbocycles. The van der Waals surface area contributed by atoms with Gasteiger partial charge < -0.3 is 10.0 Å². The second-order valence-corrected chi connectivity index (χ2v) is 3.48. The average Bonchev–Trinajstić information content (AvgIpc) is 2.26. The average molecular weight is 185 g/mol. The Morgan fingerprint density at radius 3 is 2.69 bits per heavy atom. The van der Waals surface area contributed by atoms with Crippen molar-refractivity contribution in [3.05, 3.63) is 0 Å². The first kappa shape index (κ1) is 10.0. The fourth-order valence-electron chi connectivity index (χ4n) is 1.93. The van der Waals surface area contributed by atoms with Gasteiger partial charge in [0.1, 0.15) is 0 Å². The third kappa shape index (κ3) is 1.99. The Kier molecular flexibility index (Phi) is 2.90. The Labute approximate surface area is 77.5 Å². The van der Waals surface area contributed by atoms with Crippen molar-refractivity contribution in [3.8, 4) is 0 Å². The summed E-state index contributed by atoms with van der Waals surface area (Å²) in [5.41, 5.74) is 0. The number of carbonyl (C=O) groups excluding carboxylic acids is 1. The summed E-state index contributed by atoms with van der Waals surface area (Å²) in [4.78, 5) is 23.6. The third-order valence-corrected chi connectivity index (χ3v) is 2.71. The highest BCUT2D eigenvalue weighted by atomic mass is 16.4. The predicted molar refractivity (Wildman–Crippen MR) is 47.2 cm³/mol. The van der Waals surface area contributed by atoms with Crippen LogP contribution in [0.3, 0.4) is 0 Å². The van der Waals surface area contributed by atoms with E-state index in [1.165, 1.54) is 0 Å². The lowest BCUT2D eigenvalue weighted by Crippen LogP contribution is -2.33. The zero-order chi connectivity index (χ0) is 10.0. The van der Waals surface area contributed by atoms with Crippen LogP contribution in [0.5, 0.6) is 0 Å². The fourth-order valence-corrected chi connectivity index (χ4v) is 1.93. The van der Waals surface area contributed by atoms with Gasteiger partial charge in [0.05, 0.1) is 6.42 Å². The van der Waals surface area contributed by atoms with E-state index in [1.54, 1.807) is 4.90 Å². The number of hydrogen-bond donors (Lipinski definition) is 1. The van der Waals surface area contributed by atoms with Crippen LogP contribution in [-0.2, 0) is 9.59 Å². The molecule has 1 rings (SSSR count). The second-order valence-electron chi connectivity index (χ2n) is 3.48. The van der Waals surface area contributed by atoms with Gasteiger partial charge in [-0.15, -0.1) is 0 Å². The summed E-state index contributed by atoms with van der Waals surface area (Å²) in [6, 6.07) is 0.0774. The maximum absolute atomic E-state index is 11.3. The third-order valence-electron chi connectivity index (χ3n) is 2.71. The Balaban J connectivity index is 2.61. The van der Waals surface area contributed by atoms with Gasteiger partial charge in [0, 0.05) is 19.0 Å². The summed E-state index contributed by atoms with van der Waals surface area (Å²) >= 11 is 0. The van der Waals surface area contributed by atoms with E-state index in [9.17, 15) is 9.59 Å². The molecule has 0 spiro atoms. The summed E-state index contributed by atoms with van der Waals surface area (Å²) < 4.78 is 0. The summed E-state index contributed by atoms with van der Waals surface area (Å²) in [6.07, 6.45) is 0.491. The number of carboxylic acids is 1. The molecule has 0 unspecified atom stereocenters. The van der Waals surface area contributed by atoms with E-state index in [4.69, 9.17) is 5.11 Å². The van der Waals surface area contributed by atoms with E-state index < -0.39 is 5.97 Å². The van der Waals surface area contributed by atoms with Crippen molar-refractivity contribution in [2.75, 3.05) is 6.54 Å². The highest BCUT2D eigenvalue weighted by Crippen LogP contribution is 2.27. The smallest absolute Gasteiger partial charge is 0.303 e. The Hall–Kier alpha value is -1.06. The lowest BCUT2D eigenvalue weighted by molar-refractivity contribution is -0.138. The zero-order valence-electron chi connectivity index (χ0n) is 7.99. The van der Waals surface area contributed by atoms with Crippen molar-refractivity contribution in [2.45, 2.75) is 32.7 Å². The predicted octanol–water partition coefficient (Wildman–Crippen LogP) is 0.718. The molecule has 4 nitrogen and oxygen atoms in total. The van der Waals surface area contributed by atoms with Crippen molar-refractivity contribution in [3.63, 3.8) is 0 Å². The van der Waals surface area contributed by atoms with Gasteiger partial charge in [-0.3, -0.25) is 9.59 Å². The second kappa shape index (κ2) is 3.77. The maximum atomic E-state index is 11.3. The molecule has 1 aliphatic rings. The van der Waals surface area contributed by atoms with E-state index in [0.717, 1.165) is 0 Å². The quantitative estimate of drug-likeness (QED) is 0.704. The summed E-state index contributed by atoms with van der Waals surface area (Å²) in [7, 11) is 0. The molecule has 0 aromatic heterocycles. The summed E-state index contributed by atoms with van der Waals surface area (Å²) in [6.45, 7) is 4.51. The topological polar surface area (TPSA) is 57.6 Å². The number of carbonyl (C=O) groups is 2. The van der Waals surface area contributed by atoms with Crippen LogP contribution >= 0.6 is 0 Å². The first-order chi connectivity index (χ1) is 6.06. The maximum Gasteiger partial charge on any atom is 0.303 e. The van der Waals surface area contributed by atoms with Crippen molar-refractivity contribution < 1.29 is 14.7 Å². The van der Waals surface area contributed by atoms with Gasteiger partial charge in [-0.1, -0.05) is 0 Å². The molecular formula is C9H15NO3. The van der Waals surface area contributed by atoms with Gasteiger partial charge in [-0.05, 0) is 19.8 Å². The van der Waals surface area contributed by atoms with Gasteiger partial charge in [0.15, 0.2) is 0 Å². The van der Waals surface area contributed by atoms with E-state index in [1.807, 2.05) is 13.8 Å². The van der Waals surface area contributed by atoms with Crippen LogP contribution in [0.15, 0.2) is 0 Å². The number of amides is 1. The number of nitrogens with zero attached hydrogens (tertiary/aromatic N) is 1. The normalized spacial score (nSPS) is 28.2. The highest BCUT2D eigenvalue weighted by Gasteiger charge is 2.36. The molecule has 74 valence electrons. The zero-order valence-corrected chi connectivity index (χ0v) is 7.99. The van der Waals surface area contributed by atoms with Crippen molar-refractivity contribution in [1.29, 1.82) is 0 Å². The molecule has 1 fully saturated rings. The Morgan fingerprint density at radius 1 is 1.69 bits per heavy atom. The molecule has 1 amide bonds. The van der Waals surface area contributed by atoms with Gasteiger partial charge in [-0.2, -0.15) is 0 Å². The monoisotopic (exact) mass is 185 g/mol. The largest absolute Gasteiger partial charge is 0.481 e. The molecule has 0 radical (unpaired) electrons. The van der Waals surface area contributed by atoms with Gasteiger partial charge in [-0.25, -0.2) is 0 Å². The van der Waals surface area contributed by atoms with E-state index in [-0.39, 0.29) is 24.3 Å². The summed E-state index contributed by atoms with van der Waals surface area (Å²) in [5, 5.41) is 8.61. The van der Waals surface area contributed by atoms with Crippen LogP contribution in [0.4, 0.5) is 0 Å². The van der Waals surface area contributed by atoms with Crippen LogP contribution in [0.25, 0.3) is 0 Å². The lowest BCUT2D eigenvalue weighted by atomic mass is 9.98. The number of aliphatic carboxylic acids is 1. The Bertz CT molecular complexity index is 227. The molecule has 0 aromatic rings. The molecule has 0 bridgehead atoms. The van der Waals surface area contributed by atoms with Crippen LogP contribution < -0.4 is 0 Å². The number of likely N-dealkylation sites (tertiary alicyclic amines) is 1. The minimum absolute atomic E-state index is 0.00931. The van der Waals surface area contributed by atoms with E-state index >= 15 is 0 Å². The molecule has 1 aliphatic heterocycles. The van der Waals surface area contributed by atoms with Crippen LogP contribution in [0, 0.1) is 5.92 Å². The molecule has 0 aliphatic carbocycles. The van der Waals surface area contributed by atoms with Gasteiger partial charge >= 0.3 is 5.97 Å². The van der Waals surface area contributed by atoms with Gasteiger partial charge in [0.25, 0.3) is 0 Å². The fraction of sp³-hybridized carbons (Fsp3) is 0.778. The number of rotatable bonds is 3. The minimum Gasteiger partial charge on any atom is -0.481 e. The van der Waals surface area contributed by atoms with Crippen LogP contribution in [0.1, 0.15) is 26.7 Å².